The van der Waals surface area contributed by atoms with Gasteiger partial charge in [0, 0.05) is 6.04 Å². The maximum Gasteiger partial charge on any atom is 0.00710 e. The molecule has 1 fully saturated rings. The monoisotopic (exact) mass is 193 g/mol. The first-order valence-corrected chi connectivity index (χ1v) is 6.09. The van der Waals surface area contributed by atoms with Crippen LogP contribution in [0.1, 0.15) is 39.5 Å². The van der Waals surface area contributed by atoms with Gasteiger partial charge in [0.25, 0.3) is 0 Å². The molecule has 1 heteroatoms. The van der Waals surface area contributed by atoms with Crippen molar-refractivity contribution in [3.8, 4) is 0 Å². The van der Waals surface area contributed by atoms with Crippen molar-refractivity contribution in [2.24, 2.45) is 29.4 Å². The van der Waals surface area contributed by atoms with Crippen LogP contribution in [0.25, 0.3) is 0 Å². The van der Waals surface area contributed by atoms with Crippen LogP contribution in [0.5, 0.6) is 0 Å². The van der Waals surface area contributed by atoms with Crippen molar-refractivity contribution in [2.75, 3.05) is 0 Å². The van der Waals surface area contributed by atoms with Gasteiger partial charge in [0.1, 0.15) is 0 Å². The first-order chi connectivity index (χ1) is 6.66. The fraction of sp³-hybridized carbons (Fsp3) is 0.846. The molecule has 0 heterocycles. The summed E-state index contributed by atoms with van der Waals surface area (Å²) in [6.07, 6.45) is 10.1. The van der Waals surface area contributed by atoms with E-state index in [1.54, 1.807) is 0 Å². The van der Waals surface area contributed by atoms with Crippen LogP contribution in [0, 0.1) is 23.7 Å². The van der Waals surface area contributed by atoms with Crippen LogP contribution in [0.2, 0.25) is 0 Å². The van der Waals surface area contributed by atoms with Gasteiger partial charge in [-0.3, -0.25) is 0 Å². The minimum atomic E-state index is 0.536. The molecular formula is C13H23N. The standard InChI is InChI=1S/C13H23N/c1-9(2)6-11(10-4-3-5-10)7-12-8-13(12)14/h3-4,9-13H,5-8,14H2,1-2H3. The first-order valence-electron chi connectivity index (χ1n) is 6.09. The molecule has 4 atom stereocenters. The molecule has 0 saturated heterocycles. The van der Waals surface area contributed by atoms with Gasteiger partial charge in [-0.15, -0.1) is 0 Å². The van der Waals surface area contributed by atoms with Gasteiger partial charge in [-0.05, 0) is 49.4 Å². The fourth-order valence-corrected chi connectivity index (χ4v) is 2.63. The molecule has 0 amide bonds. The van der Waals surface area contributed by atoms with Crippen molar-refractivity contribution < 1.29 is 0 Å². The van der Waals surface area contributed by atoms with Crippen molar-refractivity contribution in [3.05, 3.63) is 12.2 Å². The molecule has 2 aliphatic rings. The summed E-state index contributed by atoms with van der Waals surface area (Å²) in [5.74, 6) is 3.49. The lowest BCUT2D eigenvalue weighted by Gasteiger charge is -2.30. The summed E-state index contributed by atoms with van der Waals surface area (Å²) >= 11 is 0. The second kappa shape index (κ2) is 4.06. The van der Waals surface area contributed by atoms with Gasteiger partial charge in [-0.1, -0.05) is 26.0 Å². The zero-order valence-corrected chi connectivity index (χ0v) is 9.45. The van der Waals surface area contributed by atoms with Crippen LogP contribution < -0.4 is 5.73 Å². The lowest BCUT2D eigenvalue weighted by molar-refractivity contribution is 0.279. The van der Waals surface area contributed by atoms with Crippen molar-refractivity contribution in [1.82, 2.24) is 0 Å². The third-order valence-corrected chi connectivity index (χ3v) is 3.75. The summed E-state index contributed by atoms with van der Waals surface area (Å²) in [6.45, 7) is 4.67. The molecule has 1 nitrogen and oxygen atoms in total. The lowest BCUT2D eigenvalue weighted by atomic mass is 9.76. The SMILES string of the molecule is CC(C)CC(CC1CC1N)C1C=CC1. The number of hydrogen-bond donors (Lipinski definition) is 1. The van der Waals surface area contributed by atoms with Crippen LogP contribution in [-0.2, 0) is 0 Å². The topological polar surface area (TPSA) is 26.0 Å². The van der Waals surface area contributed by atoms with E-state index < -0.39 is 0 Å². The maximum absolute atomic E-state index is 5.89. The van der Waals surface area contributed by atoms with Crippen molar-refractivity contribution >= 4 is 0 Å². The van der Waals surface area contributed by atoms with Gasteiger partial charge >= 0.3 is 0 Å². The Kier molecular flexibility index (Phi) is 2.96. The molecule has 0 aromatic carbocycles. The molecule has 0 radical (unpaired) electrons. The predicted octanol–water partition coefficient (Wildman–Crippen LogP) is 2.96. The van der Waals surface area contributed by atoms with Crippen LogP contribution in [0.15, 0.2) is 12.2 Å². The summed E-state index contributed by atoms with van der Waals surface area (Å²) in [7, 11) is 0. The summed E-state index contributed by atoms with van der Waals surface area (Å²) < 4.78 is 0. The van der Waals surface area contributed by atoms with Crippen molar-refractivity contribution in [3.63, 3.8) is 0 Å². The van der Waals surface area contributed by atoms with Crippen LogP contribution in [-0.4, -0.2) is 6.04 Å². The normalized spacial score (nSPS) is 37.0. The Morgan fingerprint density at radius 2 is 2.07 bits per heavy atom. The zero-order valence-electron chi connectivity index (χ0n) is 9.45. The molecule has 0 aromatic rings. The quantitative estimate of drug-likeness (QED) is 0.667. The second-order valence-corrected chi connectivity index (χ2v) is 5.61. The van der Waals surface area contributed by atoms with E-state index in [4.69, 9.17) is 5.73 Å². The summed E-state index contributed by atoms with van der Waals surface area (Å²) in [5.41, 5.74) is 5.89. The Bertz CT molecular complexity index is 219. The Morgan fingerprint density at radius 1 is 1.43 bits per heavy atom. The number of allylic oxidation sites excluding steroid dienone is 2. The minimum Gasteiger partial charge on any atom is -0.327 e. The molecule has 80 valence electrons. The summed E-state index contributed by atoms with van der Waals surface area (Å²) in [5, 5.41) is 0. The Hall–Kier alpha value is -0.300. The molecule has 1 saturated carbocycles. The van der Waals surface area contributed by atoms with E-state index in [1.165, 1.54) is 25.7 Å². The van der Waals surface area contributed by atoms with E-state index in [0.29, 0.717) is 6.04 Å². The third kappa shape index (κ3) is 2.38. The minimum absolute atomic E-state index is 0.536. The zero-order chi connectivity index (χ0) is 10.1. The van der Waals surface area contributed by atoms with Gasteiger partial charge in [-0.25, -0.2) is 0 Å². The average Bonchev–Trinajstić information content (AvgIpc) is 2.60. The first kappa shape index (κ1) is 10.2. The summed E-state index contributed by atoms with van der Waals surface area (Å²) in [6, 6.07) is 0.536. The Morgan fingerprint density at radius 3 is 2.43 bits per heavy atom. The molecule has 0 bridgehead atoms. The van der Waals surface area contributed by atoms with E-state index >= 15 is 0 Å². The van der Waals surface area contributed by atoms with E-state index in [9.17, 15) is 0 Å². The van der Waals surface area contributed by atoms with Crippen LogP contribution >= 0.6 is 0 Å². The van der Waals surface area contributed by atoms with E-state index in [1.807, 2.05) is 0 Å². The number of hydrogen-bond acceptors (Lipinski definition) is 1. The highest BCUT2D eigenvalue weighted by Gasteiger charge is 2.37. The van der Waals surface area contributed by atoms with E-state index in [-0.39, 0.29) is 0 Å². The van der Waals surface area contributed by atoms with Crippen LogP contribution in [0.4, 0.5) is 0 Å². The van der Waals surface area contributed by atoms with Gasteiger partial charge in [0.2, 0.25) is 0 Å². The third-order valence-electron chi connectivity index (χ3n) is 3.75. The smallest absolute Gasteiger partial charge is 0.00710 e. The molecular weight excluding hydrogens is 170 g/mol. The molecule has 0 spiro atoms. The highest BCUT2D eigenvalue weighted by molar-refractivity contribution is 5.06. The molecule has 4 unspecified atom stereocenters. The largest absolute Gasteiger partial charge is 0.327 e. The molecule has 14 heavy (non-hydrogen) atoms. The molecule has 2 N–H and O–H groups in total. The van der Waals surface area contributed by atoms with Crippen LogP contribution in [0.3, 0.4) is 0 Å². The van der Waals surface area contributed by atoms with Gasteiger partial charge in [0.15, 0.2) is 0 Å². The Labute approximate surface area is 87.8 Å². The highest BCUT2D eigenvalue weighted by atomic mass is 14.7. The molecule has 2 rings (SSSR count). The predicted molar refractivity (Wildman–Crippen MR) is 60.9 cm³/mol. The van der Waals surface area contributed by atoms with Gasteiger partial charge < -0.3 is 5.73 Å². The Balaban J connectivity index is 1.82. The van der Waals surface area contributed by atoms with Crippen molar-refractivity contribution in [2.45, 2.75) is 45.6 Å². The molecule has 2 aliphatic carbocycles. The molecule has 0 aromatic heterocycles. The average molecular weight is 193 g/mol. The summed E-state index contributed by atoms with van der Waals surface area (Å²) in [4.78, 5) is 0. The number of rotatable bonds is 5. The lowest BCUT2D eigenvalue weighted by Crippen LogP contribution is -2.20. The highest BCUT2D eigenvalue weighted by Crippen LogP contribution is 2.41. The maximum atomic E-state index is 5.89. The fourth-order valence-electron chi connectivity index (χ4n) is 2.63. The van der Waals surface area contributed by atoms with E-state index in [2.05, 4.69) is 26.0 Å². The van der Waals surface area contributed by atoms with Crippen molar-refractivity contribution in [1.29, 1.82) is 0 Å². The van der Waals surface area contributed by atoms with Gasteiger partial charge in [0.05, 0.1) is 0 Å². The molecule has 0 aliphatic heterocycles. The van der Waals surface area contributed by atoms with E-state index in [0.717, 1.165) is 23.7 Å². The second-order valence-electron chi connectivity index (χ2n) is 5.61. The number of nitrogens with two attached hydrogens (primary N) is 1. The van der Waals surface area contributed by atoms with Gasteiger partial charge in [-0.2, -0.15) is 0 Å².